The lowest BCUT2D eigenvalue weighted by atomic mass is 10.2. The Balaban J connectivity index is 2.65. The van der Waals surface area contributed by atoms with Crippen LogP contribution in [0.25, 0.3) is 0 Å². The minimum atomic E-state index is -1.85. The third-order valence-corrected chi connectivity index (χ3v) is 1.81. The van der Waals surface area contributed by atoms with Gasteiger partial charge in [-0.1, -0.05) is 0 Å². The van der Waals surface area contributed by atoms with Crippen LogP contribution in [0.4, 0.5) is 14.5 Å². The molecule has 0 aromatic heterocycles. The number of aliphatic hydroxyl groups is 1. The summed E-state index contributed by atoms with van der Waals surface area (Å²) in [7, 11) is 0. The molecule has 0 aliphatic carbocycles. The maximum Gasteiger partial charge on any atom is 0.333 e. The van der Waals surface area contributed by atoms with E-state index in [0.29, 0.717) is 6.07 Å². The van der Waals surface area contributed by atoms with E-state index in [-0.39, 0.29) is 5.69 Å². The lowest BCUT2D eigenvalue weighted by molar-refractivity contribution is -0.148. The number of amides is 1. The van der Waals surface area contributed by atoms with Gasteiger partial charge in [0, 0.05) is 11.8 Å². The summed E-state index contributed by atoms with van der Waals surface area (Å²) in [6.07, 6.45) is -2.55. The van der Waals surface area contributed by atoms with E-state index >= 15 is 0 Å². The fourth-order valence-electron chi connectivity index (χ4n) is 1.10. The number of rotatable bonds is 4. The van der Waals surface area contributed by atoms with Crippen LogP contribution in [0.3, 0.4) is 0 Å². The Labute approximate surface area is 94.7 Å². The fourth-order valence-corrected chi connectivity index (χ4v) is 1.10. The topological polar surface area (TPSA) is 86.6 Å². The van der Waals surface area contributed by atoms with E-state index in [4.69, 9.17) is 10.2 Å². The summed E-state index contributed by atoms with van der Waals surface area (Å²) in [6, 6.07) is 2.37. The second-order valence-corrected chi connectivity index (χ2v) is 3.26. The number of benzene rings is 1. The molecule has 5 nitrogen and oxygen atoms in total. The van der Waals surface area contributed by atoms with Crippen molar-refractivity contribution in [1.82, 2.24) is 0 Å². The first-order valence-electron chi connectivity index (χ1n) is 4.55. The Morgan fingerprint density at radius 3 is 2.24 bits per heavy atom. The molecule has 1 aromatic carbocycles. The van der Waals surface area contributed by atoms with Crippen molar-refractivity contribution in [2.45, 2.75) is 12.5 Å². The third-order valence-electron chi connectivity index (χ3n) is 1.81. The summed E-state index contributed by atoms with van der Waals surface area (Å²) in [6.45, 7) is 0. The highest BCUT2D eigenvalue weighted by Crippen LogP contribution is 2.13. The normalized spacial score (nSPS) is 11.9. The summed E-state index contributed by atoms with van der Waals surface area (Å²) < 4.78 is 25.5. The zero-order chi connectivity index (χ0) is 13.0. The van der Waals surface area contributed by atoms with Crippen molar-refractivity contribution in [3.05, 3.63) is 29.8 Å². The highest BCUT2D eigenvalue weighted by atomic mass is 19.1. The molecule has 0 aliphatic heterocycles. The predicted molar refractivity (Wildman–Crippen MR) is 53.2 cm³/mol. The summed E-state index contributed by atoms with van der Waals surface area (Å²) >= 11 is 0. The highest BCUT2D eigenvalue weighted by molar-refractivity contribution is 5.93. The van der Waals surface area contributed by atoms with Crippen LogP contribution in [-0.2, 0) is 9.59 Å². The molecule has 0 spiro atoms. The summed E-state index contributed by atoms with van der Waals surface area (Å²) in [4.78, 5) is 21.4. The van der Waals surface area contributed by atoms with Crippen LogP contribution < -0.4 is 5.32 Å². The van der Waals surface area contributed by atoms with Crippen molar-refractivity contribution in [1.29, 1.82) is 0 Å². The zero-order valence-electron chi connectivity index (χ0n) is 8.48. The SMILES string of the molecule is O=C(CC(O)C(=O)O)Nc1cc(F)cc(F)c1. The minimum absolute atomic E-state index is 0.148. The van der Waals surface area contributed by atoms with Gasteiger partial charge < -0.3 is 15.5 Å². The molecule has 1 unspecified atom stereocenters. The molecule has 1 rings (SSSR count). The Kier molecular flexibility index (Phi) is 4.11. The number of aliphatic carboxylic acids is 1. The van der Waals surface area contributed by atoms with E-state index in [1.54, 1.807) is 0 Å². The molecule has 3 N–H and O–H groups in total. The number of carboxylic acid groups (broad SMARTS) is 1. The van der Waals surface area contributed by atoms with Gasteiger partial charge in [-0.05, 0) is 12.1 Å². The summed E-state index contributed by atoms with van der Waals surface area (Å²) in [5.74, 6) is -4.16. The number of aliphatic hydroxyl groups excluding tert-OH is 1. The summed E-state index contributed by atoms with van der Waals surface area (Å²) in [5, 5.41) is 19.3. The van der Waals surface area contributed by atoms with Gasteiger partial charge in [0.15, 0.2) is 6.10 Å². The number of carbonyl (C=O) groups excluding carboxylic acids is 1. The lowest BCUT2D eigenvalue weighted by Crippen LogP contribution is -2.26. The fraction of sp³-hybridized carbons (Fsp3) is 0.200. The molecule has 17 heavy (non-hydrogen) atoms. The Morgan fingerprint density at radius 2 is 1.76 bits per heavy atom. The van der Waals surface area contributed by atoms with Crippen LogP contribution in [0.15, 0.2) is 18.2 Å². The highest BCUT2D eigenvalue weighted by Gasteiger charge is 2.17. The van der Waals surface area contributed by atoms with Gasteiger partial charge in [0.2, 0.25) is 5.91 Å². The van der Waals surface area contributed by atoms with Crippen molar-refractivity contribution in [2.75, 3.05) is 5.32 Å². The number of carbonyl (C=O) groups is 2. The molecule has 0 saturated carbocycles. The molecular weight excluding hydrogens is 236 g/mol. The van der Waals surface area contributed by atoms with Gasteiger partial charge in [0.1, 0.15) is 11.6 Å². The number of hydrogen-bond donors (Lipinski definition) is 3. The molecule has 0 fully saturated rings. The second kappa shape index (κ2) is 5.35. The maximum atomic E-state index is 12.7. The van der Waals surface area contributed by atoms with E-state index in [1.807, 2.05) is 0 Å². The van der Waals surface area contributed by atoms with Crippen LogP contribution in [0.1, 0.15) is 6.42 Å². The van der Waals surface area contributed by atoms with E-state index in [2.05, 4.69) is 5.32 Å². The van der Waals surface area contributed by atoms with Gasteiger partial charge in [0.25, 0.3) is 0 Å². The standard InChI is InChI=1S/C10H9F2NO4/c11-5-1-6(12)3-7(2-5)13-9(15)4-8(14)10(16)17/h1-3,8,14H,4H2,(H,13,15)(H,16,17). The van der Waals surface area contributed by atoms with E-state index in [1.165, 1.54) is 0 Å². The van der Waals surface area contributed by atoms with Crippen LogP contribution in [0.2, 0.25) is 0 Å². The van der Waals surface area contributed by atoms with E-state index in [0.717, 1.165) is 12.1 Å². The molecule has 1 aromatic rings. The van der Waals surface area contributed by atoms with Crippen molar-refractivity contribution in [3.63, 3.8) is 0 Å². The van der Waals surface area contributed by atoms with Crippen molar-refractivity contribution < 1.29 is 28.6 Å². The minimum Gasteiger partial charge on any atom is -0.479 e. The van der Waals surface area contributed by atoms with E-state index in [9.17, 15) is 18.4 Å². The van der Waals surface area contributed by atoms with Crippen LogP contribution in [-0.4, -0.2) is 28.2 Å². The average Bonchev–Trinajstić information content (AvgIpc) is 2.14. The molecule has 1 amide bonds. The van der Waals surface area contributed by atoms with Gasteiger partial charge in [-0.25, -0.2) is 13.6 Å². The molecule has 0 aliphatic rings. The average molecular weight is 245 g/mol. The Morgan fingerprint density at radius 1 is 1.24 bits per heavy atom. The van der Waals surface area contributed by atoms with Crippen molar-refractivity contribution >= 4 is 17.6 Å². The molecule has 0 bridgehead atoms. The first-order chi connectivity index (χ1) is 7.88. The first kappa shape index (κ1) is 13.0. The second-order valence-electron chi connectivity index (χ2n) is 3.26. The number of carboxylic acids is 1. The number of hydrogen-bond acceptors (Lipinski definition) is 3. The molecule has 0 heterocycles. The Hall–Kier alpha value is -2.02. The molecule has 92 valence electrons. The molecular formula is C10H9F2NO4. The van der Waals surface area contributed by atoms with Crippen molar-refractivity contribution in [3.8, 4) is 0 Å². The molecule has 7 heteroatoms. The quantitative estimate of drug-likeness (QED) is 0.730. The van der Waals surface area contributed by atoms with E-state index < -0.39 is 36.0 Å². The number of nitrogens with one attached hydrogen (secondary N) is 1. The Bertz CT molecular complexity index is 430. The molecule has 0 saturated heterocycles. The maximum absolute atomic E-state index is 12.7. The largest absolute Gasteiger partial charge is 0.479 e. The van der Waals surface area contributed by atoms with Gasteiger partial charge in [-0.3, -0.25) is 4.79 Å². The number of anilines is 1. The van der Waals surface area contributed by atoms with Crippen LogP contribution in [0, 0.1) is 11.6 Å². The van der Waals surface area contributed by atoms with Gasteiger partial charge >= 0.3 is 5.97 Å². The van der Waals surface area contributed by atoms with Gasteiger partial charge in [-0.2, -0.15) is 0 Å². The number of halogens is 2. The van der Waals surface area contributed by atoms with Crippen molar-refractivity contribution in [2.24, 2.45) is 0 Å². The lowest BCUT2D eigenvalue weighted by Gasteiger charge is -2.07. The first-order valence-corrected chi connectivity index (χ1v) is 4.55. The molecule has 1 atom stereocenters. The third kappa shape index (κ3) is 4.15. The van der Waals surface area contributed by atoms with Gasteiger partial charge in [-0.15, -0.1) is 0 Å². The monoisotopic (exact) mass is 245 g/mol. The zero-order valence-corrected chi connectivity index (χ0v) is 8.48. The van der Waals surface area contributed by atoms with Crippen LogP contribution in [0.5, 0.6) is 0 Å². The predicted octanol–water partition coefficient (Wildman–Crippen LogP) is 0.739. The summed E-state index contributed by atoms with van der Waals surface area (Å²) in [5.41, 5.74) is -0.148. The smallest absolute Gasteiger partial charge is 0.333 e. The van der Waals surface area contributed by atoms with Gasteiger partial charge in [0.05, 0.1) is 6.42 Å². The molecule has 0 radical (unpaired) electrons. The van der Waals surface area contributed by atoms with Crippen LogP contribution >= 0.6 is 0 Å².